The van der Waals surface area contributed by atoms with Gasteiger partial charge in [0.05, 0.1) is 27.9 Å². The van der Waals surface area contributed by atoms with Gasteiger partial charge in [-0.1, -0.05) is 44.4 Å². The van der Waals surface area contributed by atoms with Gasteiger partial charge < -0.3 is 19.7 Å². The summed E-state index contributed by atoms with van der Waals surface area (Å²) in [5, 5.41) is 4.30. The van der Waals surface area contributed by atoms with Gasteiger partial charge in [0.25, 0.3) is 5.91 Å². The lowest BCUT2D eigenvalue weighted by Crippen LogP contribution is -2.48. The highest BCUT2D eigenvalue weighted by molar-refractivity contribution is 7.20. The van der Waals surface area contributed by atoms with Gasteiger partial charge in [-0.25, -0.2) is 4.98 Å². The van der Waals surface area contributed by atoms with Crippen LogP contribution in [-0.2, 0) is 23.8 Å². The number of rotatable bonds is 6. The molecule has 8 heteroatoms. The maximum absolute atomic E-state index is 13.9. The van der Waals surface area contributed by atoms with Crippen LogP contribution in [0.2, 0.25) is 0 Å². The van der Waals surface area contributed by atoms with E-state index in [0.717, 1.165) is 102 Å². The Labute approximate surface area is 233 Å². The van der Waals surface area contributed by atoms with E-state index in [1.165, 1.54) is 0 Å². The third-order valence-electron chi connectivity index (χ3n) is 8.81. The molecule has 7 nitrogen and oxygen atoms in total. The number of benzene rings is 2. The second-order valence-corrected chi connectivity index (χ2v) is 12.1. The molecule has 0 spiro atoms. The molecule has 3 heterocycles. The molecular weight excluding hydrogens is 506 g/mol. The van der Waals surface area contributed by atoms with Crippen LogP contribution in [0.3, 0.4) is 0 Å². The van der Waals surface area contributed by atoms with Crippen molar-refractivity contribution < 1.29 is 9.59 Å². The average molecular weight is 544 g/mol. The number of amides is 2. The minimum atomic E-state index is -0.556. The lowest BCUT2D eigenvalue weighted by molar-refractivity contribution is -0.128. The number of aryl methyl sites for hydroxylation is 1. The maximum atomic E-state index is 13.9. The summed E-state index contributed by atoms with van der Waals surface area (Å²) in [4.78, 5) is 37.1. The number of nitrogens with zero attached hydrogens (tertiary/aromatic N) is 4. The number of piperazine rings is 1. The number of carbonyl (C=O) groups excluding carboxylic acids is 2. The van der Waals surface area contributed by atoms with Gasteiger partial charge in [0.15, 0.2) is 0 Å². The second-order valence-electron chi connectivity index (χ2n) is 11.0. The standard InChI is InChI=1S/C31H37N5O2S/c1-3-35-15-17-36(18-16-35)29(37)27-20-22-19-23(11-12-26(22)39-27)31(13-7-4-8-14-31)30(38)32-21-28-33-24-9-5-6-10-25(24)34(28)2/h5-6,9-12,19-20H,3-4,7-8,13-18,21H2,1-2H3,(H,32,38). The van der Waals surface area contributed by atoms with Crippen LogP contribution in [0.5, 0.6) is 0 Å². The Balaban J connectivity index is 1.24. The molecule has 2 aromatic carbocycles. The number of carbonyl (C=O) groups is 2. The highest BCUT2D eigenvalue weighted by Gasteiger charge is 2.41. The molecule has 204 valence electrons. The Morgan fingerprint density at radius 3 is 2.51 bits per heavy atom. The Morgan fingerprint density at radius 1 is 1.00 bits per heavy atom. The third-order valence-corrected chi connectivity index (χ3v) is 9.92. The molecule has 39 heavy (non-hydrogen) atoms. The normalized spacial score (nSPS) is 18.1. The van der Waals surface area contributed by atoms with Crippen LogP contribution in [0, 0.1) is 0 Å². The van der Waals surface area contributed by atoms with E-state index in [0.29, 0.717) is 6.54 Å². The number of hydrogen-bond acceptors (Lipinski definition) is 5. The van der Waals surface area contributed by atoms with Crippen molar-refractivity contribution in [2.24, 2.45) is 7.05 Å². The first kappa shape index (κ1) is 26.0. The van der Waals surface area contributed by atoms with Gasteiger partial charge in [-0.3, -0.25) is 9.59 Å². The van der Waals surface area contributed by atoms with Crippen molar-refractivity contribution in [2.45, 2.75) is 51.0 Å². The summed E-state index contributed by atoms with van der Waals surface area (Å²) in [5.74, 6) is 1.06. The number of para-hydroxylation sites is 2. The minimum Gasteiger partial charge on any atom is -0.348 e. The maximum Gasteiger partial charge on any atom is 0.264 e. The lowest BCUT2D eigenvalue weighted by Gasteiger charge is -2.36. The fraction of sp³-hybridized carbons (Fsp3) is 0.452. The van der Waals surface area contributed by atoms with E-state index in [4.69, 9.17) is 4.98 Å². The zero-order chi connectivity index (χ0) is 27.0. The minimum absolute atomic E-state index is 0.0777. The predicted molar refractivity (Wildman–Crippen MR) is 157 cm³/mol. The first-order valence-corrected chi connectivity index (χ1v) is 15.0. The highest BCUT2D eigenvalue weighted by Crippen LogP contribution is 2.42. The number of imidazole rings is 1. The van der Waals surface area contributed by atoms with Crippen LogP contribution in [0.25, 0.3) is 21.1 Å². The van der Waals surface area contributed by atoms with Crippen LogP contribution in [0.1, 0.15) is 60.1 Å². The van der Waals surface area contributed by atoms with Crippen molar-refractivity contribution in [3.63, 3.8) is 0 Å². The number of aromatic nitrogens is 2. The molecule has 1 saturated carbocycles. The molecule has 1 saturated heterocycles. The van der Waals surface area contributed by atoms with Crippen molar-refractivity contribution in [3.8, 4) is 0 Å². The number of fused-ring (bicyclic) bond motifs is 2. The quantitative estimate of drug-likeness (QED) is 0.368. The molecule has 1 aliphatic heterocycles. The summed E-state index contributed by atoms with van der Waals surface area (Å²) in [6, 6.07) is 16.5. The summed E-state index contributed by atoms with van der Waals surface area (Å²) in [6.45, 7) is 7.02. The fourth-order valence-electron chi connectivity index (χ4n) is 6.35. The van der Waals surface area contributed by atoms with E-state index in [1.54, 1.807) is 11.3 Å². The molecule has 2 fully saturated rings. The van der Waals surface area contributed by atoms with E-state index in [9.17, 15) is 9.59 Å². The summed E-state index contributed by atoms with van der Waals surface area (Å²) < 4.78 is 3.15. The number of thiophene rings is 1. The largest absolute Gasteiger partial charge is 0.348 e. The second kappa shape index (κ2) is 10.7. The van der Waals surface area contributed by atoms with Gasteiger partial charge in [0.2, 0.25) is 5.91 Å². The molecule has 1 N–H and O–H groups in total. The molecular formula is C31H37N5O2S. The summed E-state index contributed by atoms with van der Waals surface area (Å²) >= 11 is 1.56. The Morgan fingerprint density at radius 2 is 1.77 bits per heavy atom. The number of likely N-dealkylation sites (N-methyl/N-ethyl adjacent to an activating group) is 1. The summed E-state index contributed by atoms with van der Waals surface area (Å²) in [5.41, 5.74) is 2.51. The van der Waals surface area contributed by atoms with Crippen LogP contribution in [-0.4, -0.2) is 63.9 Å². The fourth-order valence-corrected chi connectivity index (χ4v) is 7.36. The van der Waals surface area contributed by atoms with E-state index in [-0.39, 0.29) is 11.8 Å². The van der Waals surface area contributed by atoms with Crippen molar-refractivity contribution in [3.05, 3.63) is 64.8 Å². The Bertz CT molecular complexity index is 1510. The van der Waals surface area contributed by atoms with Gasteiger partial charge in [-0.05, 0) is 60.7 Å². The molecule has 2 aromatic heterocycles. The molecule has 0 radical (unpaired) electrons. The molecule has 4 aromatic rings. The summed E-state index contributed by atoms with van der Waals surface area (Å²) in [6.07, 6.45) is 4.91. The number of hydrogen-bond donors (Lipinski definition) is 1. The van der Waals surface area contributed by atoms with Crippen molar-refractivity contribution in [1.29, 1.82) is 0 Å². The van der Waals surface area contributed by atoms with Crippen molar-refractivity contribution in [2.75, 3.05) is 32.7 Å². The predicted octanol–water partition coefficient (Wildman–Crippen LogP) is 5.08. The van der Waals surface area contributed by atoms with E-state index < -0.39 is 5.41 Å². The monoisotopic (exact) mass is 543 g/mol. The molecule has 1 aliphatic carbocycles. The van der Waals surface area contributed by atoms with E-state index in [2.05, 4.69) is 46.0 Å². The molecule has 2 amide bonds. The Hall–Kier alpha value is -3.23. The summed E-state index contributed by atoms with van der Waals surface area (Å²) in [7, 11) is 2.00. The number of nitrogens with one attached hydrogen (secondary N) is 1. The van der Waals surface area contributed by atoms with Crippen LogP contribution < -0.4 is 5.32 Å². The Kier molecular flexibility index (Phi) is 7.16. The van der Waals surface area contributed by atoms with Gasteiger partial charge in [-0.2, -0.15) is 0 Å². The van der Waals surface area contributed by atoms with Crippen LogP contribution >= 0.6 is 11.3 Å². The van der Waals surface area contributed by atoms with Gasteiger partial charge in [0.1, 0.15) is 5.82 Å². The molecule has 0 atom stereocenters. The first-order valence-electron chi connectivity index (χ1n) is 14.2. The topological polar surface area (TPSA) is 70.5 Å². The molecule has 0 unspecified atom stereocenters. The van der Waals surface area contributed by atoms with E-state index in [1.807, 2.05) is 36.2 Å². The smallest absolute Gasteiger partial charge is 0.264 e. The molecule has 2 aliphatic rings. The third kappa shape index (κ3) is 4.85. The van der Waals surface area contributed by atoms with E-state index >= 15 is 0 Å². The van der Waals surface area contributed by atoms with Gasteiger partial charge >= 0.3 is 0 Å². The zero-order valence-corrected chi connectivity index (χ0v) is 23.7. The van der Waals surface area contributed by atoms with Crippen molar-refractivity contribution in [1.82, 2.24) is 24.7 Å². The zero-order valence-electron chi connectivity index (χ0n) is 22.9. The van der Waals surface area contributed by atoms with Gasteiger partial charge in [-0.15, -0.1) is 11.3 Å². The first-order chi connectivity index (χ1) is 19.0. The average Bonchev–Trinajstić information content (AvgIpc) is 3.56. The lowest BCUT2D eigenvalue weighted by atomic mass is 9.68. The van der Waals surface area contributed by atoms with Crippen LogP contribution in [0.15, 0.2) is 48.5 Å². The molecule has 0 bridgehead atoms. The highest BCUT2D eigenvalue weighted by atomic mass is 32.1. The van der Waals surface area contributed by atoms with Crippen LogP contribution in [0.4, 0.5) is 0 Å². The SMILES string of the molecule is CCN1CCN(C(=O)c2cc3cc(C4(C(=O)NCc5nc6ccccc6n5C)CCCCC4)ccc3s2)CC1. The van der Waals surface area contributed by atoms with Crippen molar-refractivity contribution >= 4 is 44.3 Å². The van der Waals surface area contributed by atoms with Gasteiger partial charge in [0, 0.05) is 37.9 Å². The molecule has 6 rings (SSSR count).